The highest BCUT2D eigenvalue weighted by molar-refractivity contribution is 5.86. The van der Waals surface area contributed by atoms with Crippen molar-refractivity contribution in [3.63, 3.8) is 0 Å². The zero-order valence-electron chi connectivity index (χ0n) is 15.6. The zero-order chi connectivity index (χ0) is 18.8. The molecule has 0 aliphatic carbocycles. The first-order valence-corrected chi connectivity index (χ1v) is 9.14. The van der Waals surface area contributed by atoms with Gasteiger partial charge in [-0.2, -0.15) is 10.3 Å². The third kappa shape index (κ3) is 1.94. The second kappa shape index (κ2) is 5.59. The fraction of sp³-hybridized carbons (Fsp3) is 0.318. The van der Waals surface area contributed by atoms with E-state index in [9.17, 15) is 5.26 Å². The van der Waals surface area contributed by atoms with E-state index in [-0.39, 0.29) is 12.1 Å². The predicted molar refractivity (Wildman–Crippen MR) is 102 cm³/mol. The number of para-hydroxylation sites is 2. The Morgan fingerprint density at radius 1 is 1.19 bits per heavy atom. The van der Waals surface area contributed by atoms with Gasteiger partial charge in [0.25, 0.3) is 0 Å². The molecule has 5 heteroatoms. The van der Waals surface area contributed by atoms with Gasteiger partial charge in [-0.3, -0.25) is 4.84 Å². The number of fused-ring (bicyclic) bond motifs is 5. The number of nitrogens with zero attached hydrogens (tertiary/aromatic N) is 3. The summed E-state index contributed by atoms with van der Waals surface area (Å²) >= 11 is 0. The molecule has 0 saturated carbocycles. The zero-order valence-corrected chi connectivity index (χ0v) is 15.6. The molecule has 1 aromatic heterocycles. The third-order valence-electron chi connectivity index (χ3n) is 6.17. The van der Waals surface area contributed by atoms with Crippen molar-refractivity contribution in [2.75, 3.05) is 14.2 Å². The molecule has 27 heavy (non-hydrogen) atoms. The number of ether oxygens (including phenoxy) is 1. The van der Waals surface area contributed by atoms with E-state index in [2.05, 4.69) is 41.8 Å². The number of aryl methyl sites for hydroxylation is 1. The van der Waals surface area contributed by atoms with Gasteiger partial charge in [-0.25, -0.2) is 0 Å². The smallest absolute Gasteiger partial charge is 0.131 e. The summed E-state index contributed by atoms with van der Waals surface area (Å²) in [6.07, 6.45) is -0.383. The maximum atomic E-state index is 10.4. The van der Waals surface area contributed by atoms with Crippen LogP contribution in [-0.4, -0.2) is 23.8 Å². The van der Waals surface area contributed by atoms with Gasteiger partial charge in [0.1, 0.15) is 17.3 Å². The van der Waals surface area contributed by atoms with E-state index in [1.807, 2.05) is 36.4 Å². The number of hydrogen-bond acceptors (Lipinski definition) is 4. The Hall–Kier alpha value is -2.81. The Labute approximate surface area is 158 Å². The van der Waals surface area contributed by atoms with Crippen molar-refractivity contribution < 1.29 is 9.57 Å². The average Bonchev–Trinajstić information content (AvgIpc) is 3.29. The molecule has 5 rings (SSSR count). The molecule has 136 valence electrons. The number of rotatable bonds is 2. The number of methoxy groups -OCH3 is 1. The topological polar surface area (TPSA) is 50.4 Å². The van der Waals surface area contributed by atoms with Crippen LogP contribution < -0.4 is 4.74 Å². The lowest BCUT2D eigenvalue weighted by Crippen LogP contribution is -2.29. The van der Waals surface area contributed by atoms with Gasteiger partial charge in [0.05, 0.1) is 19.2 Å². The summed E-state index contributed by atoms with van der Waals surface area (Å²) in [5.74, 6) is 0.754. The summed E-state index contributed by atoms with van der Waals surface area (Å²) < 4.78 is 7.87. The van der Waals surface area contributed by atoms with E-state index in [1.165, 1.54) is 22.2 Å². The summed E-state index contributed by atoms with van der Waals surface area (Å²) in [6, 6.07) is 18.8. The van der Waals surface area contributed by atoms with E-state index in [1.54, 1.807) is 7.11 Å². The molecule has 0 bridgehead atoms. The standard InChI is InChI=1S/C22H21N3O2/c1-14-15-8-4-6-10-17(15)25-13-22(12-23)20(19(14)25)24(2)27-21(22)16-9-5-7-11-18(16)26-3/h4-11,20-21H,13H2,1-3H3/t20-,21-,22+/m1/s1. The van der Waals surface area contributed by atoms with Crippen LogP contribution in [0.2, 0.25) is 0 Å². The largest absolute Gasteiger partial charge is 0.496 e. The summed E-state index contributed by atoms with van der Waals surface area (Å²) in [6.45, 7) is 2.75. The van der Waals surface area contributed by atoms with Gasteiger partial charge in [-0.05, 0) is 24.6 Å². The summed E-state index contributed by atoms with van der Waals surface area (Å²) in [5, 5.41) is 13.5. The van der Waals surface area contributed by atoms with Gasteiger partial charge in [-0.15, -0.1) is 0 Å². The fourth-order valence-electron chi connectivity index (χ4n) is 5.03. The molecular formula is C22H21N3O2. The second-order valence-electron chi connectivity index (χ2n) is 7.44. The number of nitriles is 1. The van der Waals surface area contributed by atoms with Gasteiger partial charge < -0.3 is 9.30 Å². The molecule has 0 spiro atoms. The molecule has 5 nitrogen and oxygen atoms in total. The number of hydroxylamine groups is 2. The first-order valence-electron chi connectivity index (χ1n) is 9.14. The third-order valence-corrected chi connectivity index (χ3v) is 6.17. The van der Waals surface area contributed by atoms with Crippen molar-refractivity contribution in [1.29, 1.82) is 5.26 Å². The van der Waals surface area contributed by atoms with Crippen LogP contribution in [0.4, 0.5) is 0 Å². The van der Waals surface area contributed by atoms with Crippen molar-refractivity contribution in [1.82, 2.24) is 9.63 Å². The van der Waals surface area contributed by atoms with Crippen LogP contribution in [0.5, 0.6) is 5.75 Å². The number of aromatic nitrogens is 1. The van der Waals surface area contributed by atoms with E-state index in [0.717, 1.165) is 11.3 Å². The Bertz CT molecular complexity index is 1100. The Morgan fingerprint density at radius 3 is 2.70 bits per heavy atom. The van der Waals surface area contributed by atoms with E-state index in [0.29, 0.717) is 6.54 Å². The fourth-order valence-corrected chi connectivity index (χ4v) is 5.03. The van der Waals surface area contributed by atoms with Crippen LogP contribution in [0.1, 0.15) is 29.0 Å². The Kier molecular flexibility index (Phi) is 3.39. The molecular weight excluding hydrogens is 338 g/mol. The maximum Gasteiger partial charge on any atom is 0.131 e. The Morgan fingerprint density at radius 2 is 1.93 bits per heavy atom. The molecule has 0 amide bonds. The van der Waals surface area contributed by atoms with Crippen molar-refractivity contribution >= 4 is 10.9 Å². The molecule has 0 unspecified atom stereocenters. The van der Waals surface area contributed by atoms with Gasteiger partial charge in [0.15, 0.2) is 0 Å². The van der Waals surface area contributed by atoms with Crippen molar-refractivity contribution in [3.05, 3.63) is 65.4 Å². The van der Waals surface area contributed by atoms with Gasteiger partial charge in [0.2, 0.25) is 0 Å². The van der Waals surface area contributed by atoms with Crippen molar-refractivity contribution in [3.8, 4) is 11.8 Å². The van der Waals surface area contributed by atoms with Crippen LogP contribution in [0.25, 0.3) is 10.9 Å². The summed E-state index contributed by atoms with van der Waals surface area (Å²) in [7, 11) is 3.59. The molecule has 3 aromatic rings. The molecule has 3 heterocycles. The van der Waals surface area contributed by atoms with Gasteiger partial charge in [-0.1, -0.05) is 36.4 Å². The normalized spacial score (nSPS) is 26.7. The second-order valence-corrected chi connectivity index (χ2v) is 7.44. The van der Waals surface area contributed by atoms with E-state index in [4.69, 9.17) is 9.57 Å². The summed E-state index contributed by atoms with van der Waals surface area (Å²) in [5.41, 5.74) is 3.80. The minimum Gasteiger partial charge on any atom is -0.496 e. The first kappa shape index (κ1) is 16.4. The average molecular weight is 359 g/mol. The minimum atomic E-state index is -0.701. The molecule has 2 aliphatic heterocycles. The molecule has 1 fully saturated rings. The number of hydrogen-bond donors (Lipinski definition) is 0. The van der Waals surface area contributed by atoms with Crippen LogP contribution in [-0.2, 0) is 11.4 Å². The summed E-state index contributed by atoms with van der Waals surface area (Å²) in [4.78, 5) is 6.28. The van der Waals surface area contributed by atoms with Gasteiger partial charge in [0, 0.05) is 35.8 Å². The highest BCUT2D eigenvalue weighted by Gasteiger charge is 2.62. The minimum absolute atomic E-state index is 0.121. The molecule has 2 aliphatic rings. The predicted octanol–water partition coefficient (Wildman–Crippen LogP) is 4.14. The maximum absolute atomic E-state index is 10.4. The lowest BCUT2D eigenvalue weighted by Gasteiger charge is -2.26. The van der Waals surface area contributed by atoms with Crippen LogP contribution >= 0.6 is 0 Å². The quantitative estimate of drug-likeness (QED) is 0.690. The van der Waals surface area contributed by atoms with Crippen LogP contribution in [0.3, 0.4) is 0 Å². The molecule has 3 atom stereocenters. The molecule has 1 saturated heterocycles. The highest BCUT2D eigenvalue weighted by Crippen LogP contribution is 2.61. The van der Waals surface area contributed by atoms with Crippen molar-refractivity contribution in [2.24, 2.45) is 5.41 Å². The number of benzene rings is 2. The van der Waals surface area contributed by atoms with E-state index < -0.39 is 5.41 Å². The molecule has 0 N–H and O–H groups in total. The van der Waals surface area contributed by atoms with Gasteiger partial charge >= 0.3 is 0 Å². The van der Waals surface area contributed by atoms with Crippen LogP contribution in [0, 0.1) is 23.7 Å². The monoisotopic (exact) mass is 359 g/mol. The lowest BCUT2D eigenvalue weighted by molar-refractivity contribution is -0.150. The SMILES string of the molecule is COc1ccccc1[C@H]1ON(C)[C@@H]2c3c(C)c4ccccc4n3C[C@]12C#N. The lowest BCUT2D eigenvalue weighted by atomic mass is 9.75. The Balaban J connectivity index is 1.73. The van der Waals surface area contributed by atoms with Crippen molar-refractivity contribution in [2.45, 2.75) is 25.6 Å². The van der Waals surface area contributed by atoms with Crippen LogP contribution in [0.15, 0.2) is 48.5 Å². The van der Waals surface area contributed by atoms with E-state index >= 15 is 0 Å². The molecule has 0 radical (unpaired) electrons. The molecule has 2 aromatic carbocycles. The highest BCUT2D eigenvalue weighted by atomic mass is 16.7. The first-order chi connectivity index (χ1) is 13.1.